The van der Waals surface area contributed by atoms with E-state index >= 15 is 0 Å². The Bertz CT molecular complexity index is 513. The molecule has 0 heterocycles. The molecule has 5 nitrogen and oxygen atoms in total. The van der Waals surface area contributed by atoms with Gasteiger partial charge in [-0.15, -0.1) is 0 Å². The topological polar surface area (TPSA) is 92.4 Å². The van der Waals surface area contributed by atoms with Gasteiger partial charge < -0.3 is 16.2 Å². The highest BCUT2D eigenvalue weighted by atomic mass is 16.4. The Morgan fingerprint density at radius 1 is 1.37 bits per heavy atom. The van der Waals surface area contributed by atoms with Gasteiger partial charge in [-0.3, -0.25) is 9.59 Å². The number of carbonyl (C=O) groups is 2. The van der Waals surface area contributed by atoms with Crippen LogP contribution in [-0.4, -0.2) is 23.0 Å². The van der Waals surface area contributed by atoms with Crippen molar-refractivity contribution in [2.45, 2.75) is 32.2 Å². The average molecular weight is 262 g/mol. The second-order valence-corrected chi connectivity index (χ2v) is 5.09. The Hall–Kier alpha value is -2.04. The first-order chi connectivity index (χ1) is 8.97. The summed E-state index contributed by atoms with van der Waals surface area (Å²) in [5.41, 5.74) is 7.79. The van der Waals surface area contributed by atoms with Gasteiger partial charge in [-0.25, -0.2) is 0 Å². The lowest BCUT2D eigenvalue weighted by Crippen LogP contribution is -2.33. The van der Waals surface area contributed by atoms with Crippen LogP contribution in [0, 0.1) is 12.8 Å². The maximum atomic E-state index is 12.0. The van der Waals surface area contributed by atoms with Gasteiger partial charge in [0, 0.05) is 17.3 Å². The van der Waals surface area contributed by atoms with E-state index in [1.807, 2.05) is 6.92 Å². The molecule has 102 valence electrons. The first-order valence-electron chi connectivity index (χ1n) is 6.37. The van der Waals surface area contributed by atoms with Crippen LogP contribution in [-0.2, 0) is 4.79 Å². The maximum Gasteiger partial charge on any atom is 0.306 e. The van der Waals surface area contributed by atoms with Crippen molar-refractivity contribution in [1.29, 1.82) is 0 Å². The number of nitrogens with one attached hydrogen (secondary N) is 1. The highest BCUT2D eigenvalue weighted by Gasteiger charge is 2.30. The van der Waals surface area contributed by atoms with E-state index in [0.29, 0.717) is 24.1 Å². The minimum Gasteiger partial charge on any atom is -0.481 e. The normalized spacial score (nSPS) is 22.2. The number of nitrogen functional groups attached to an aromatic ring is 1. The van der Waals surface area contributed by atoms with Crippen LogP contribution in [0.15, 0.2) is 18.2 Å². The molecule has 0 aliphatic heterocycles. The number of benzene rings is 1. The number of anilines is 1. The molecule has 5 heteroatoms. The third-order valence-electron chi connectivity index (χ3n) is 3.65. The van der Waals surface area contributed by atoms with Crippen molar-refractivity contribution < 1.29 is 14.7 Å². The molecule has 1 saturated carbocycles. The van der Waals surface area contributed by atoms with Crippen molar-refractivity contribution in [2.24, 2.45) is 5.92 Å². The maximum absolute atomic E-state index is 12.0. The predicted molar refractivity (Wildman–Crippen MR) is 71.8 cm³/mol. The molecular weight excluding hydrogens is 244 g/mol. The van der Waals surface area contributed by atoms with Gasteiger partial charge >= 0.3 is 5.97 Å². The highest BCUT2D eigenvalue weighted by molar-refractivity contribution is 5.95. The Kier molecular flexibility index (Phi) is 3.74. The van der Waals surface area contributed by atoms with Crippen LogP contribution >= 0.6 is 0 Å². The molecule has 2 atom stereocenters. The molecule has 4 N–H and O–H groups in total. The van der Waals surface area contributed by atoms with Crippen LogP contribution in [0.1, 0.15) is 35.2 Å². The number of carboxylic acids is 1. The van der Waals surface area contributed by atoms with Crippen molar-refractivity contribution >= 4 is 17.6 Å². The molecule has 0 saturated heterocycles. The molecule has 1 aliphatic carbocycles. The fourth-order valence-electron chi connectivity index (χ4n) is 2.42. The number of nitrogens with two attached hydrogens (primary N) is 1. The largest absolute Gasteiger partial charge is 0.481 e. The Morgan fingerprint density at radius 2 is 2.11 bits per heavy atom. The lowest BCUT2D eigenvalue weighted by molar-refractivity contribution is -0.141. The third kappa shape index (κ3) is 3.05. The second-order valence-electron chi connectivity index (χ2n) is 5.09. The molecule has 19 heavy (non-hydrogen) atoms. The minimum absolute atomic E-state index is 0.0496. The second kappa shape index (κ2) is 5.30. The van der Waals surface area contributed by atoms with Crippen molar-refractivity contribution in [2.75, 3.05) is 5.73 Å². The lowest BCUT2D eigenvalue weighted by atomic mass is 10.1. The number of carbonyl (C=O) groups excluding carboxylic acids is 1. The van der Waals surface area contributed by atoms with E-state index in [1.165, 1.54) is 0 Å². The van der Waals surface area contributed by atoms with Gasteiger partial charge in [-0.2, -0.15) is 0 Å². The van der Waals surface area contributed by atoms with Gasteiger partial charge in [-0.05, 0) is 49.9 Å². The zero-order valence-corrected chi connectivity index (χ0v) is 10.8. The zero-order valence-electron chi connectivity index (χ0n) is 10.8. The van der Waals surface area contributed by atoms with E-state index in [2.05, 4.69) is 5.32 Å². The number of aliphatic carboxylic acids is 1. The zero-order chi connectivity index (χ0) is 14.0. The smallest absolute Gasteiger partial charge is 0.306 e. The number of hydrogen-bond acceptors (Lipinski definition) is 3. The van der Waals surface area contributed by atoms with Crippen LogP contribution in [0.25, 0.3) is 0 Å². The molecule has 0 spiro atoms. The Labute approximate surface area is 111 Å². The summed E-state index contributed by atoms with van der Waals surface area (Å²) in [6.45, 7) is 1.85. The van der Waals surface area contributed by atoms with E-state index in [0.717, 1.165) is 12.0 Å². The van der Waals surface area contributed by atoms with Crippen molar-refractivity contribution in [3.8, 4) is 0 Å². The molecule has 0 aromatic heterocycles. The summed E-state index contributed by atoms with van der Waals surface area (Å²) < 4.78 is 0. The summed E-state index contributed by atoms with van der Waals surface area (Å²) in [5.74, 6) is -1.28. The SMILES string of the molecule is Cc1cc(C(=O)NC2CCC(C(=O)O)C2)ccc1N. The summed E-state index contributed by atoms with van der Waals surface area (Å²) in [6, 6.07) is 5.08. The minimum atomic E-state index is -0.778. The number of aryl methyl sites for hydroxylation is 1. The van der Waals surface area contributed by atoms with Crippen LogP contribution in [0.3, 0.4) is 0 Å². The van der Waals surface area contributed by atoms with Crippen LogP contribution in [0.5, 0.6) is 0 Å². The molecule has 1 amide bonds. The molecule has 2 unspecified atom stereocenters. The molecule has 0 radical (unpaired) electrons. The van der Waals surface area contributed by atoms with Gasteiger partial charge in [0.1, 0.15) is 0 Å². The molecule has 1 aliphatic rings. The van der Waals surface area contributed by atoms with Gasteiger partial charge in [0.05, 0.1) is 5.92 Å². The molecule has 1 aromatic carbocycles. The van der Waals surface area contributed by atoms with Crippen molar-refractivity contribution in [3.05, 3.63) is 29.3 Å². The predicted octanol–water partition coefficient (Wildman–Crippen LogP) is 1.56. The quantitative estimate of drug-likeness (QED) is 0.721. The Morgan fingerprint density at radius 3 is 2.68 bits per heavy atom. The van der Waals surface area contributed by atoms with Crippen LogP contribution in [0.4, 0.5) is 5.69 Å². The van der Waals surface area contributed by atoms with Gasteiger partial charge in [0.15, 0.2) is 0 Å². The van der Waals surface area contributed by atoms with E-state index in [-0.39, 0.29) is 17.9 Å². The first-order valence-corrected chi connectivity index (χ1v) is 6.37. The summed E-state index contributed by atoms with van der Waals surface area (Å²) in [5, 5.41) is 11.8. The van der Waals surface area contributed by atoms with Crippen LogP contribution in [0.2, 0.25) is 0 Å². The summed E-state index contributed by atoms with van der Waals surface area (Å²) in [4.78, 5) is 22.9. The van der Waals surface area contributed by atoms with E-state index in [1.54, 1.807) is 18.2 Å². The van der Waals surface area contributed by atoms with Gasteiger partial charge in [0.2, 0.25) is 0 Å². The highest BCUT2D eigenvalue weighted by Crippen LogP contribution is 2.26. The number of rotatable bonds is 3. The third-order valence-corrected chi connectivity index (χ3v) is 3.65. The standard InChI is InChI=1S/C14H18N2O3/c1-8-6-9(3-5-12(8)15)13(17)16-11-4-2-10(7-11)14(18)19/h3,5-6,10-11H,2,4,7,15H2,1H3,(H,16,17)(H,18,19). The van der Waals surface area contributed by atoms with Crippen molar-refractivity contribution in [3.63, 3.8) is 0 Å². The van der Waals surface area contributed by atoms with Crippen LogP contribution < -0.4 is 11.1 Å². The molecule has 0 bridgehead atoms. The fourth-order valence-corrected chi connectivity index (χ4v) is 2.42. The number of amides is 1. The van der Waals surface area contributed by atoms with Gasteiger partial charge in [-0.1, -0.05) is 0 Å². The molecular formula is C14H18N2O3. The molecule has 2 rings (SSSR count). The summed E-state index contributed by atoms with van der Waals surface area (Å²) in [7, 11) is 0. The first kappa shape index (κ1) is 13.4. The summed E-state index contributed by atoms with van der Waals surface area (Å²) in [6.07, 6.45) is 1.85. The van der Waals surface area contributed by atoms with E-state index in [4.69, 9.17) is 10.8 Å². The Balaban J connectivity index is 1.98. The number of hydrogen-bond donors (Lipinski definition) is 3. The van der Waals surface area contributed by atoms with Crippen molar-refractivity contribution in [1.82, 2.24) is 5.32 Å². The molecule has 1 fully saturated rings. The van der Waals surface area contributed by atoms with E-state index in [9.17, 15) is 9.59 Å². The summed E-state index contributed by atoms with van der Waals surface area (Å²) >= 11 is 0. The number of carboxylic acid groups (broad SMARTS) is 1. The van der Waals surface area contributed by atoms with Gasteiger partial charge in [0.25, 0.3) is 5.91 Å². The lowest BCUT2D eigenvalue weighted by Gasteiger charge is -2.13. The average Bonchev–Trinajstić information content (AvgIpc) is 2.81. The van der Waals surface area contributed by atoms with E-state index < -0.39 is 5.97 Å². The molecule has 1 aromatic rings. The fraction of sp³-hybridized carbons (Fsp3) is 0.429. The monoisotopic (exact) mass is 262 g/mol.